The van der Waals surface area contributed by atoms with Crippen molar-refractivity contribution in [3.05, 3.63) is 82.4 Å². The lowest BCUT2D eigenvalue weighted by Crippen LogP contribution is -2.51. The minimum atomic E-state index is -0.855. The summed E-state index contributed by atoms with van der Waals surface area (Å²) in [5.74, 6) is -2.60. The van der Waals surface area contributed by atoms with E-state index in [0.717, 1.165) is 12.8 Å². The van der Waals surface area contributed by atoms with Crippen molar-refractivity contribution in [3.8, 4) is 0 Å². The Balaban J connectivity index is 1.07. The van der Waals surface area contributed by atoms with Gasteiger partial charge in [0.05, 0.1) is 60.5 Å². The number of fused-ring (bicyclic) bond motifs is 2. The Kier molecular flexibility index (Phi) is 15.0. The molecule has 4 N–H and O–H groups in total. The molecule has 3 aromatic carbocycles. The largest absolute Gasteiger partial charge is 0.453 e. The average Bonchev–Trinajstić information content (AvgIpc) is 4.24. The van der Waals surface area contributed by atoms with E-state index in [1.165, 1.54) is 38.5 Å². The van der Waals surface area contributed by atoms with Crippen molar-refractivity contribution in [2.75, 3.05) is 50.2 Å². The van der Waals surface area contributed by atoms with Crippen molar-refractivity contribution in [2.45, 2.75) is 136 Å². The van der Waals surface area contributed by atoms with Crippen LogP contribution >= 0.6 is 0 Å². The fraction of sp³-hybridized carbons (Fsp3) is 0.564. The number of nitrogens with one attached hydrogen (secondary N) is 4. The number of carbonyl (C=O) groups is 4. The smallest absolute Gasteiger partial charge is 0.407 e. The van der Waals surface area contributed by atoms with Crippen molar-refractivity contribution in [2.24, 2.45) is 23.2 Å². The molecule has 5 aromatic rings. The normalized spacial score (nSPS) is 21.5. The van der Waals surface area contributed by atoms with E-state index in [9.17, 15) is 19.2 Å². The monoisotopic (exact) mass is 1040 g/mol. The van der Waals surface area contributed by atoms with Gasteiger partial charge in [-0.2, -0.15) is 0 Å². The lowest BCUT2D eigenvalue weighted by molar-refractivity contribution is -0.136. The summed E-state index contributed by atoms with van der Waals surface area (Å²) in [5, 5.41) is 5.31. The van der Waals surface area contributed by atoms with E-state index in [2.05, 4.69) is 41.4 Å². The van der Waals surface area contributed by atoms with Crippen LogP contribution in [0.3, 0.4) is 0 Å². The molecular weight excluding hydrogens is 973 g/mol. The molecule has 404 valence electrons. The molecule has 0 saturated carbocycles. The number of ether oxygens (including phenoxy) is 2. The van der Waals surface area contributed by atoms with Crippen LogP contribution in [0.1, 0.15) is 147 Å². The second kappa shape index (κ2) is 21.2. The van der Waals surface area contributed by atoms with Gasteiger partial charge in [-0.05, 0) is 111 Å². The number of aromatic amines is 2. The van der Waals surface area contributed by atoms with Gasteiger partial charge in [0, 0.05) is 43.0 Å². The number of imidazole rings is 2. The van der Waals surface area contributed by atoms with Gasteiger partial charge in [-0.1, -0.05) is 48.5 Å². The summed E-state index contributed by atoms with van der Waals surface area (Å²) in [6.07, 6.45) is 3.12. The van der Waals surface area contributed by atoms with Gasteiger partial charge in [0.15, 0.2) is 11.6 Å². The average molecular weight is 1040 g/mol. The second-order valence-corrected chi connectivity index (χ2v) is 22.5. The Morgan fingerprint density at radius 3 is 1.41 bits per heavy atom. The standard InChI is InChI=1S/C55H70F4N10O6/c1-28(2)46(64-53(72)74-8)51(70)67-18-10-12-44(67)49-60-38-24-32(34(56)26-40(38)62-49)42-14-15-43(69(42)31-22-36(58)48(37(59)23-31)66-20-16-30(17-21-66)55(5,6)7)33-25-39-41(27-35(33)57)63-50(61-39)45-13-11-19-68(45)52(71)47(29(3)4)65-54(73)75-9/h22-30,42-47H,10-21H2,1-9H3,(H,60,62)(H,61,63)(H,64,72)(H,65,73)/t42-,43-,44+,45+,46+,47+/m1/s1. The number of carbonyl (C=O) groups excluding carboxylic acids is 4. The molecule has 4 aliphatic heterocycles. The molecule has 4 saturated heterocycles. The fourth-order valence-corrected chi connectivity index (χ4v) is 12.1. The maximum atomic E-state index is 16.9. The minimum Gasteiger partial charge on any atom is -0.453 e. The van der Waals surface area contributed by atoms with Crippen LogP contribution in [0.4, 0.5) is 38.5 Å². The highest BCUT2D eigenvalue weighted by atomic mass is 19.1. The molecule has 2 aromatic heterocycles. The van der Waals surface area contributed by atoms with Gasteiger partial charge in [0.25, 0.3) is 0 Å². The summed E-state index contributed by atoms with van der Waals surface area (Å²) in [6, 6.07) is 4.03. The number of piperidine rings is 1. The van der Waals surface area contributed by atoms with Gasteiger partial charge < -0.3 is 49.7 Å². The zero-order valence-electron chi connectivity index (χ0n) is 44.3. The third kappa shape index (κ3) is 10.4. The number of benzene rings is 3. The van der Waals surface area contributed by atoms with Crippen LogP contribution in [-0.4, -0.2) is 106 Å². The van der Waals surface area contributed by atoms with Gasteiger partial charge in [-0.25, -0.2) is 37.1 Å². The summed E-state index contributed by atoms with van der Waals surface area (Å²) >= 11 is 0. The molecule has 16 nitrogen and oxygen atoms in total. The summed E-state index contributed by atoms with van der Waals surface area (Å²) in [7, 11) is 2.46. The zero-order valence-corrected chi connectivity index (χ0v) is 44.3. The predicted molar refractivity (Wildman–Crippen MR) is 276 cm³/mol. The van der Waals surface area contributed by atoms with Gasteiger partial charge in [-0.3, -0.25) is 9.59 Å². The lowest BCUT2D eigenvalue weighted by atomic mass is 9.75. The van der Waals surface area contributed by atoms with E-state index in [1.807, 2.05) is 27.7 Å². The molecule has 20 heteroatoms. The SMILES string of the molecule is COC(=O)N[C@H](C(=O)N1CCC[C@H]1c1nc2cc([C@H]3CC[C@H](c4cc5nc([C@@H]6CCCN6C(=O)[C@@H](NC(=O)OC)C(C)C)[nH]c5cc4F)N3c3cc(F)c(N4CCC(C(C)(C)C)CC4)c(F)c3)c(F)cc2[nH]1)C(C)C. The molecule has 9 rings (SSSR count). The van der Waals surface area contributed by atoms with Gasteiger partial charge in [-0.15, -0.1) is 0 Å². The van der Waals surface area contributed by atoms with Gasteiger partial charge in [0.1, 0.15) is 41.1 Å². The number of hydrogen-bond acceptors (Lipinski definition) is 10. The number of H-pyrrole nitrogens is 2. The Bertz CT molecular complexity index is 2790. The van der Waals surface area contributed by atoms with Crippen LogP contribution in [-0.2, 0) is 19.1 Å². The molecule has 0 spiro atoms. The Hall–Kier alpha value is -6.60. The van der Waals surface area contributed by atoms with E-state index in [1.54, 1.807) is 31.7 Å². The molecule has 0 radical (unpaired) electrons. The molecule has 6 heterocycles. The predicted octanol–water partition coefficient (Wildman–Crippen LogP) is 10.4. The van der Waals surface area contributed by atoms with Crippen LogP contribution in [0.2, 0.25) is 0 Å². The van der Waals surface area contributed by atoms with Crippen LogP contribution in [0, 0.1) is 46.4 Å². The first-order valence-electron chi connectivity index (χ1n) is 26.4. The highest BCUT2D eigenvalue weighted by Crippen LogP contribution is 2.50. The number of hydrogen-bond donors (Lipinski definition) is 4. The third-order valence-electron chi connectivity index (χ3n) is 16.2. The fourth-order valence-electron chi connectivity index (χ4n) is 12.1. The van der Waals surface area contributed by atoms with Crippen LogP contribution in [0.25, 0.3) is 22.1 Å². The first kappa shape index (κ1) is 53.2. The molecule has 75 heavy (non-hydrogen) atoms. The minimum absolute atomic E-state index is 0.0489. The first-order chi connectivity index (χ1) is 35.7. The lowest BCUT2D eigenvalue weighted by Gasteiger charge is -2.40. The Morgan fingerprint density at radius 2 is 1.03 bits per heavy atom. The van der Waals surface area contributed by atoms with Crippen LogP contribution in [0.15, 0.2) is 36.4 Å². The van der Waals surface area contributed by atoms with E-state index >= 15 is 17.6 Å². The van der Waals surface area contributed by atoms with Gasteiger partial charge >= 0.3 is 12.2 Å². The number of nitrogens with zero attached hydrogens (tertiary/aromatic N) is 6. The maximum Gasteiger partial charge on any atom is 0.407 e. The van der Waals surface area contributed by atoms with E-state index in [4.69, 9.17) is 19.4 Å². The van der Waals surface area contributed by atoms with Gasteiger partial charge in [0.2, 0.25) is 11.8 Å². The molecule has 4 fully saturated rings. The maximum absolute atomic E-state index is 16.9. The summed E-state index contributed by atoms with van der Waals surface area (Å²) in [6.45, 7) is 15.6. The molecule has 6 atom stereocenters. The van der Waals surface area contributed by atoms with Crippen molar-refractivity contribution in [1.82, 2.24) is 40.4 Å². The molecule has 0 bridgehead atoms. The van der Waals surface area contributed by atoms with Crippen molar-refractivity contribution >= 4 is 57.4 Å². The summed E-state index contributed by atoms with van der Waals surface area (Å²) in [4.78, 5) is 75.4. The van der Waals surface area contributed by atoms with Crippen molar-refractivity contribution in [1.29, 1.82) is 0 Å². The van der Waals surface area contributed by atoms with Crippen molar-refractivity contribution in [3.63, 3.8) is 0 Å². The highest BCUT2D eigenvalue weighted by Gasteiger charge is 2.43. The first-order valence-corrected chi connectivity index (χ1v) is 26.4. The number of rotatable bonds is 12. The highest BCUT2D eigenvalue weighted by molar-refractivity contribution is 5.88. The molecule has 4 aliphatic rings. The Labute approximate surface area is 434 Å². The third-order valence-corrected chi connectivity index (χ3v) is 16.2. The Morgan fingerprint density at radius 1 is 0.600 bits per heavy atom. The van der Waals surface area contributed by atoms with Crippen LogP contribution < -0.4 is 20.4 Å². The number of likely N-dealkylation sites (tertiary alicyclic amines) is 2. The van der Waals surface area contributed by atoms with Crippen molar-refractivity contribution < 1.29 is 46.2 Å². The number of halogens is 4. The summed E-state index contributed by atoms with van der Waals surface area (Å²) < 4.78 is 76.9. The molecule has 0 aliphatic carbocycles. The number of aromatic nitrogens is 4. The topological polar surface area (TPSA) is 181 Å². The quantitative estimate of drug-likeness (QED) is 0.0878. The van der Waals surface area contributed by atoms with E-state index in [0.29, 0.717) is 91.5 Å². The molecule has 4 amide bonds. The second-order valence-electron chi connectivity index (χ2n) is 22.5. The number of anilines is 2. The number of amides is 4. The van der Waals surface area contributed by atoms with E-state index < -0.39 is 71.7 Å². The van der Waals surface area contributed by atoms with E-state index in [-0.39, 0.29) is 64.4 Å². The summed E-state index contributed by atoms with van der Waals surface area (Å²) in [5.41, 5.74) is 1.97. The molecule has 0 unspecified atom stereocenters. The van der Waals surface area contributed by atoms with Crippen LogP contribution in [0.5, 0.6) is 0 Å². The number of alkyl carbamates (subject to hydrolysis) is 2. The zero-order chi connectivity index (χ0) is 53.8. The number of methoxy groups -OCH3 is 2. The molecular formula is C55H70F4N10O6.